The highest BCUT2D eigenvalue weighted by molar-refractivity contribution is 8.01. The molecule has 0 amide bonds. The van der Waals surface area contributed by atoms with Crippen LogP contribution in [0.5, 0.6) is 0 Å². The summed E-state index contributed by atoms with van der Waals surface area (Å²) in [6, 6.07) is 0. The predicted molar refractivity (Wildman–Crippen MR) is 33.2 cm³/mol. The smallest absolute Gasteiger partial charge is 0.284 e. The van der Waals surface area contributed by atoms with Crippen molar-refractivity contribution in [3.8, 4) is 0 Å². The molecule has 0 aliphatic heterocycles. The van der Waals surface area contributed by atoms with Crippen molar-refractivity contribution in [3.63, 3.8) is 0 Å². The van der Waals surface area contributed by atoms with E-state index in [1.165, 1.54) is 0 Å². The molecule has 10 heavy (non-hydrogen) atoms. The fourth-order valence-electron chi connectivity index (χ4n) is 0.262. The van der Waals surface area contributed by atoms with Gasteiger partial charge >= 0.3 is 0 Å². The van der Waals surface area contributed by atoms with Crippen LogP contribution in [0.25, 0.3) is 0 Å². The highest BCUT2D eigenvalue weighted by Gasteiger charge is 2.27. The summed E-state index contributed by atoms with van der Waals surface area (Å²) >= 11 is -2.76. The molecule has 0 aromatic heterocycles. The minimum Gasteiger partial charge on any atom is -0.394 e. The van der Waals surface area contributed by atoms with Crippen LogP contribution in [0.2, 0.25) is 0 Å². The Morgan fingerprint density at radius 3 is 1.90 bits per heavy atom. The summed E-state index contributed by atoms with van der Waals surface area (Å²) in [6.07, 6.45) is 0. The zero-order valence-corrected chi connectivity index (χ0v) is 6.30. The van der Waals surface area contributed by atoms with Crippen LogP contribution in [-0.2, 0) is 21.2 Å². The lowest BCUT2D eigenvalue weighted by atomic mass is 10.9. The summed E-state index contributed by atoms with van der Waals surface area (Å²) in [6.45, 7) is -1.08. The molecule has 0 aromatic rings. The number of aliphatic hydroxyl groups excluding tert-OH is 1. The standard InChI is InChI=1S/C2H6O6S2/c3-1-2(9(4)5)10(6,7)8/h2-3H,1H2,(H,4,5)(H,6,7,8). The molecule has 0 saturated heterocycles. The third-order valence-electron chi connectivity index (χ3n) is 0.706. The second-order valence-corrected chi connectivity index (χ2v) is 4.42. The first kappa shape index (κ1) is 9.98. The molecule has 0 rings (SSSR count). The van der Waals surface area contributed by atoms with Crippen molar-refractivity contribution >= 4 is 21.2 Å². The normalized spacial score (nSPS) is 18.3. The van der Waals surface area contributed by atoms with Crippen molar-refractivity contribution in [3.05, 3.63) is 0 Å². The Labute approximate surface area is 59.9 Å². The maximum atomic E-state index is 10.0. The topological polar surface area (TPSA) is 112 Å². The third-order valence-corrected chi connectivity index (χ3v) is 3.34. The van der Waals surface area contributed by atoms with E-state index in [-0.39, 0.29) is 0 Å². The first-order valence-electron chi connectivity index (χ1n) is 2.06. The second kappa shape index (κ2) is 3.39. The maximum Gasteiger partial charge on any atom is 0.284 e. The monoisotopic (exact) mass is 190 g/mol. The minimum atomic E-state index is -4.61. The van der Waals surface area contributed by atoms with Crippen molar-refractivity contribution in [1.82, 2.24) is 0 Å². The Balaban J connectivity index is 4.55. The largest absolute Gasteiger partial charge is 0.394 e. The van der Waals surface area contributed by atoms with E-state index in [4.69, 9.17) is 14.2 Å². The van der Waals surface area contributed by atoms with Crippen molar-refractivity contribution in [1.29, 1.82) is 0 Å². The van der Waals surface area contributed by atoms with Gasteiger partial charge in [0.25, 0.3) is 10.1 Å². The summed E-state index contributed by atoms with van der Waals surface area (Å²) in [4.78, 5) is 0. The molecule has 0 heterocycles. The van der Waals surface area contributed by atoms with E-state index >= 15 is 0 Å². The van der Waals surface area contributed by atoms with E-state index < -0.39 is 32.4 Å². The van der Waals surface area contributed by atoms with Gasteiger partial charge < -0.3 is 9.66 Å². The second-order valence-electron chi connectivity index (χ2n) is 1.40. The molecule has 62 valence electrons. The zero-order chi connectivity index (χ0) is 8.36. The van der Waals surface area contributed by atoms with Crippen molar-refractivity contribution in [2.75, 3.05) is 6.61 Å². The van der Waals surface area contributed by atoms with Gasteiger partial charge in [-0.15, -0.1) is 0 Å². The van der Waals surface area contributed by atoms with Gasteiger partial charge in [0, 0.05) is 0 Å². The van der Waals surface area contributed by atoms with Crippen LogP contribution >= 0.6 is 0 Å². The Hall–Kier alpha value is -0.0200. The van der Waals surface area contributed by atoms with Gasteiger partial charge in [-0.1, -0.05) is 0 Å². The van der Waals surface area contributed by atoms with Crippen molar-refractivity contribution in [2.45, 2.75) is 4.58 Å². The van der Waals surface area contributed by atoms with Gasteiger partial charge in [0.15, 0.2) is 11.1 Å². The lowest BCUT2D eigenvalue weighted by Crippen LogP contribution is -2.28. The molecule has 3 N–H and O–H groups in total. The van der Waals surface area contributed by atoms with Gasteiger partial charge in [-0.05, 0) is 0 Å². The maximum absolute atomic E-state index is 10.0. The third kappa shape index (κ3) is 2.71. The van der Waals surface area contributed by atoms with E-state index in [9.17, 15) is 12.6 Å². The molecule has 0 spiro atoms. The fraction of sp³-hybridized carbons (Fsp3) is 1.00. The Morgan fingerprint density at radius 1 is 1.50 bits per heavy atom. The highest BCUT2D eigenvalue weighted by Crippen LogP contribution is 2.00. The van der Waals surface area contributed by atoms with Crippen LogP contribution in [0, 0.1) is 0 Å². The molecular formula is C2H6O6S2. The molecule has 2 unspecified atom stereocenters. The van der Waals surface area contributed by atoms with Gasteiger partial charge in [-0.3, -0.25) is 4.55 Å². The fourth-order valence-corrected chi connectivity index (χ4v) is 1.41. The zero-order valence-electron chi connectivity index (χ0n) is 4.67. The summed E-state index contributed by atoms with van der Waals surface area (Å²) in [7, 11) is -4.61. The molecule has 0 bridgehead atoms. The van der Waals surface area contributed by atoms with Crippen LogP contribution in [0.1, 0.15) is 0 Å². The average molecular weight is 190 g/mol. The molecule has 2 atom stereocenters. The molecule has 0 aliphatic carbocycles. The van der Waals surface area contributed by atoms with Gasteiger partial charge in [0.2, 0.25) is 4.58 Å². The Morgan fingerprint density at radius 2 is 1.90 bits per heavy atom. The molecule has 0 fully saturated rings. The summed E-state index contributed by atoms with van der Waals surface area (Å²) in [5.41, 5.74) is 0. The van der Waals surface area contributed by atoms with E-state index in [2.05, 4.69) is 0 Å². The quantitative estimate of drug-likeness (QED) is 0.365. The number of aliphatic hydroxyl groups is 1. The summed E-state index contributed by atoms with van der Waals surface area (Å²) < 4.78 is 44.3. The molecule has 0 aliphatic rings. The SMILES string of the molecule is O=S(O)C(CO)S(=O)(=O)O. The van der Waals surface area contributed by atoms with Crippen LogP contribution < -0.4 is 0 Å². The van der Waals surface area contributed by atoms with Gasteiger partial charge in [0.1, 0.15) is 0 Å². The number of rotatable bonds is 3. The van der Waals surface area contributed by atoms with Crippen LogP contribution in [0.4, 0.5) is 0 Å². The minimum absolute atomic E-state index is 1.08. The molecule has 8 heteroatoms. The van der Waals surface area contributed by atoms with Gasteiger partial charge in [0.05, 0.1) is 6.61 Å². The number of hydrogen-bond donors (Lipinski definition) is 3. The molecule has 6 nitrogen and oxygen atoms in total. The first-order valence-corrected chi connectivity index (χ1v) is 4.73. The number of hydrogen-bond acceptors (Lipinski definition) is 4. The summed E-state index contributed by atoms with van der Waals surface area (Å²) in [5, 5.41) is 8.14. The van der Waals surface area contributed by atoms with Crippen LogP contribution in [-0.4, -0.2) is 38.0 Å². The Kier molecular flexibility index (Phi) is 3.39. The summed E-state index contributed by atoms with van der Waals surface area (Å²) in [5.74, 6) is 0. The lowest BCUT2D eigenvalue weighted by molar-refractivity contribution is 0.302. The van der Waals surface area contributed by atoms with Crippen LogP contribution in [0.3, 0.4) is 0 Å². The lowest BCUT2D eigenvalue weighted by Gasteiger charge is -2.03. The van der Waals surface area contributed by atoms with E-state index in [0.717, 1.165) is 0 Å². The molecule has 0 saturated carbocycles. The van der Waals surface area contributed by atoms with Crippen molar-refractivity contribution in [2.24, 2.45) is 0 Å². The van der Waals surface area contributed by atoms with Crippen LogP contribution in [0.15, 0.2) is 0 Å². The predicted octanol–water partition coefficient (Wildman–Crippen LogP) is -1.59. The molecular weight excluding hydrogens is 184 g/mol. The molecule has 0 radical (unpaired) electrons. The van der Waals surface area contributed by atoms with E-state index in [1.807, 2.05) is 0 Å². The first-order chi connectivity index (χ1) is 4.39. The van der Waals surface area contributed by atoms with Gasteiger partial charge in [-0.2, -0.15) is 8.42 Å². The van der Waals surface area contributed by atoms with Crippen molar-refractivity contribution < 1.29 is 26.8 Å². The van der Waals surface area contributed by atoms with E-state index in [1.54, 1.807) is 0 Å². The van der Waals surface area contributed by atoms with E-state index in [0.29, 0.717) is 0 Å². The van der Waals surface area contributed by atoms with Gasteiger partial charge in [-0.25, -0.2) is 4.21 Å². The average Bonchev–Trinajstić information content (AvgIpc) is 1.60. The molecule has 0 aromatic carbocycles. The Bertz CT molecular complexity index is 216. The highest BCUT2D eigenvalue weighted by atomic mass is 32.3.